The zero-order valence-corrected chi connectivity index (χ0v) is 18.1. The van der Waals surface area contributed by atoms with Crippen molar-refractivity contribution in [1.29, 1.82) is 5.41 Å². The molecule has 1 atom stereocenters. The minimum atomic E-state index is -2.63. The molecule has 0 saturated heterocycles. The van der Waals surface area contributed by atoms with Crippen LogP contribution in [0.25, 0.3) is 0 Å². The van der Waals surface area contributed by atoms with Crippen molar-refractivity contribution in [2.75, 3.05) is 11.4 Å². The van der Waals surface area contributed by atoms with Crippen LogP contribution in [0.3, 0.4) is 0 Å². The number of anilines is 1. The van der Waals surface area contributed by atoms with Gasteiger partial charge in [0.15, 0.2) is 0 Å². The van der Waals surface area contributed by atoms with Gasteiger partial charge in [0.2, 0.25) is 0 Å². The molecule has 2 aromatic rings. The molecule has 1 aliphatic carbocycles. The molecule has 2 aromatic carbocycles. The Hall–Kier alpha value is -2.60. The Kier molecular flexibility index (Phi) is 6.19. The molecule has 1 fully saturated rings. The molecule has 0 spiro atoms. The number of nitrogens with zero attached hydrogens (tertiary/aromatic N) is 1. The molecule has 0 aromatic heterocycles. The average molecular weight is 426 g/mol. The van der Waals surface area contributed by atoms with E-state index in [0.717, 1.165) is 17.7 Å². The number of amides is 1. The molecule has 6 heteroatoms. The molecule has 31 heavy (non-hydrogen) atoms. The number of carbonyl (C=O) groups excluding carboxylic acids is 1. The number of alkyl halides is 2. The smallest absolute Gasteiger partial charge is 0.264 e. The molecule has 0 radical (unpaired) electrons. The van der Waals surface area contributed by atoms with Crippen molar-refractivity contribution < 1.29 is 13.6 Å². The van der Waals surface area contributed by atoms with Crippen LogP contribution in [0, 0.1) is 11.3 Å². The number of benzene rings is 2. The van der Waals surface area contributed by atoms with E-state index in [2.05, 4.69) is 5.32 Å². The molecule has 1 amide bonds. The molecule has 1 saturated carbocycles. The van der Waals surface area contributed by atoms with E-state index in [-0.39, 0.29) is 24.1 Å². The van der Waals surface area contributed by atoms with Gasteiger partial charge in [0.25, 0.3) is 12.3 Å². The summed E-state index contributed by atoms with van der Waals surface area (Å²) in [4.78, 5) is 14.8. The van der Waals surface area contributed by atoms with Gasteiger partial charge in [0.1, 0.15) is 0 Å². The van der Waals surface area contributed by atoms with Crippen molar-refractivity contribution in [1.82, 2.24) is 5.32 Å². The quantitative estimate of drug-likeness (QED) is 0.524. The SMILES string of the molecule is CC(=N)Cc1cccc(N2Cc3c(cc(C(C)NCC4CCC4)cc3C(F)F)C2=O)c1. The van der Waals surface area contributed by atoms with Gasteiger partial charge < -0.3 is 15.6 Å². The van der Waals surface area contributed by atoms with Crippen molar-refractivity contribution >= 4 is 17.3 Å². The molecule has 4 rings (SSSR count). The van der Waals surface area contributed by atoms with Crippen molar-refractivity contribution in [3.63, 3.8) is 0 Å². The number of rotatable bonds is 8. The Bertz CT molecular complexity index is 1000. The largest absolute Gasteiger partial charge is 0.310 e. The fourth-order valence-corrected chi connectivity index (χ4v) is 4.41. The molecule has 2 aliphatic rings. The third-order valence-electron chi connectivity index (χ3n) is 6.46. The van der Waals surface area contributed by atoms with Crippen molar-refractivity contribution in [2.24, 2.45) is 5.92 Å². The second-order valence-electron chi connectivity index (χ2n) is 8.88. The first-order valence-corrected chi connectivity index (χ1v) is 11.0. The summed E-state index contributed by atoms with van der Waals surface area (Å²) in [5, 5.41) is 11.2. The maximum atomic E-state index is 13.9. The van der Waals surface area contributed by atoms with Crippen LogP contribution in [0.1, 0.15) is 78.2 Å². The Balaban J connectivity index is 1.61. The van der Waals surface area contributed by atoms with Crippen LogP contribution in [0.15, 0.2) is 36.4 Å². The van der Waals surface area contributed by atoms with Crippen molar-refractivity contribution in [3.8, 4) is 0 Å². The number of hydrogen-bond acceptors (Lipinski definition) is 3. The molecule has 164 valence electrons. The van der Waals surface area contributed by atoms with Gasteiger partial charge in [0.05, 0.1) is 6.54 Å². The average Bonchev–Trinajstić information content (AvgIpc) is 3.02. The van der Waals surface area contributed by atoms with Crippen LogP contribution in [0.2, 0.25) is 0 Å². The van der Waals surface area contributed by atoms with Gasteiger partial charge in [-0.3, -0.25) is 4.79 Å². The molecule has 1 unspecified atom stereocenters. The summed E-state index contributed by atoms with van der Waals surface area (Å²) in [7, 11) is 0. The van der Waals surface area contributed by atoms with Gasteiger partial charge in [0, 0.05) is 35.0 Å². The van der Waals surface area contributed by atoms with Gasteiger partial charge in [-0.05, 0) is 80.1 Å². The maximum Gasteiger partial charge on any atom is 0.264 e. The maximum absolute atomic E-state index is 13.9. The number of fused-ring (bicyclic) bond motifs is 1. The first kappa shape index (κ1) is 21.6. The third kappa shape index (κ3) is 4.54. The Labute approximate surface area is 182 Å². The standard InChI is InChI=1S/C25H29F2N3O/c1-15(28)9-18-7-4-8-20(10-18)30-14-23-21(24(26)27)11-19(12-22(23)25(30)31)16(2)29-13-17-5-3-6-17/h4,7-8,10-12,16-17,24,28-29H,3,5-6,9,13-14H2,1-2H3. The first-order chi connectivity index (χ1) is 14.8. The van der Waals surface area contributed by atoms with Crippen molar-refractivity contribution in [2.45, 2.75) is 58.5 Å². The Morgan fingerprint density at radius 3 is 2.68 bits per heavy atom. The zero-order chi connectivity index (χ0) is 22.1. The predicted octanol–water partition coefficient (Wildman–Crippen LogP) is 5.82. The Morgan fingerprint density at radius 1 is 1.26 bits per heavy atom. The van der Waals surface area contributed by atoms with Crippen LogP contribution < -0.4 is 10.2 Å². The first-order valence-electron chi connectivity index (χ1n) is 11.0. The molecule has 4 nitrogen and oxygen atoms in total. The summed E-state index contributed by atoms with van der Waals surface area (Å²) in [6, 6.07) is 10.7. The van der Waals surface area contributed by atoms with E-state index in [4.69, 9.17) is 5.41 Å². The highest BCUT2D eigenvalue weighted by atomic mass is 19.3. The lowest BCUT2D eigenvalue weighted by molar-refractivity contribution is 0.0996. The highest BCUT2D eigenvalue weighted by Gasteiger charge is 2.34. The van der Waals surface area contributed by atoms with Crippen molar-refractivity contribution in [3.05, 3.63) is 64.2 Å². The van der Waals surface area contributed by atoms with E-state index in [1.54, 1.807) is 24.0 Å². The summed E-state index contributed by atoms with van der Waals surface area (Å²) in [6.45, 7) is 4.72. The molecular formula is C25H29F2N3O. The summed E-state index contributed by atoms with van der Waals surface area (Å²) in [6.07, 6.45) is 1.57. The lowest BCUT2D eigenvalue weighted by Gasteiger charge is -2.27. The molecule has 1 heterocycles. The van der Waals surface area contributed by atoms with Crippen LogP contribution in [0.5, 0.6) is 0 Å². The summed E-state index contributed by atoms with van der Waals surface area (Å²) in [5.41, 5.74) is 3.61. The van der Waals surface area contributed by atoms with Gasteiger partial charge in [-0.2, -0.15) is 0 Å². The third-order valence-corrected chi connectivity index (χ3v) is 6.46. The van der Waals surface area contributed by atoms with Gasteiger partial charge in [-0.15, -0.1) is 0 Å². The minimum absolute atomic E-state index is 0.0489. The fourth-order valence-electron chi connectivity index (χ4n) is 4.41. The van der Waals surface area contributed by atoms with Crippen LogP contribution >= 0.6 is 0 Å². The van der Waals surface area contributed by atoms with E-state index < -0.39 is 6.43 Å². The van der Waals surface area contributed by atoms with E-state index in [1.165, 1.54) is 19.3 Å². The fraction of sp³-hybridized carbons (Fsp3) is 0.440. The van der Waals surface area contributed by atoms with Gasteiger partial charge in [-0.25, -0.2) is 8.78 Å². The monoisotopic (exact) mass is 425 g/mol. The second kappa shape index (κ2) is 8.87. The van der Waals surface area contributed by atoms with E-state index in [1.807, 2.05) is 31.2 Å². The topological polar surface area (TPSA) is 56.2 Å². The number of carbonyl (C=O) groups is 1. The molecular weight excluding hydrogens is 396 g/mol. The van der Waals surface area contributed by atoms with Gasteiger partial charge >= 0.3 is 0 Å². The van der Waals surface area contributed by atoms with Crippen LogP contribution in [0.4, 0.5) is 14.5 Å². The minimum Gasteiger partial charge on any atom is -0.310 e. The lowest BCUT2D eigenvalue weighted by Crippen LogP contribution is -2.29. The number of halogens is 2. The summed E-state index contributed by atoms with van der Waals surface area (Å²) < 4.78 is 27.9. The summed E-state index contributed by atoms with van der Waals surface area (Å²) >= 11 is 0. The Morgan fingerprint density at radius 2 is 2.03 bits per heavy atom. The molecule has 1 aliphatic heterocycles. The highest BCUT2D eigenvalue weighted by molar-refractivity contribution is 6.10. The van der Waals surface area contributed by atoms with E-state index in [0.29, 0.717) is 34.9 Å². The van der Waals surface area contributed by atoms with E-state index >= 15 is 0 Å². The van der Waals surface area contributed by atoms with Crippen LogP contribution in [-0.2, 0) is 13.0 Å². The highest BCUT2D eigenvalue weighted by Crippen LogP contribution is 2.37. The van der Waals surface area contributed by atoms with E-state index in [9.17, 15) is 13.6 Å². The molecule has 0 bridgehead atoms. The van der Waals surface area contributed by atoms with Gasteiger partial charge in [-0.1, -0.05) is 18.6 Å². The normalized spacial score (nSPS) is 17.1. The number of nitrogens with one attached hydrogen (secondary N) is 2. The predicted molar refractivity (Wildman–Crippen MR) is 119 cm³/mol. The molecule has 2 N–H and O–H groups in total. The number of hydrogen-bond donors (Lipinski definition) is 2. The lowest BCUT2D eigenvalue weighted by atomic mass is 9.85. The second-order valence-corrected chi connectivity index (χ2v) is 8.88. The zero-order valence-electron chi connectivity index (χ0n) is 18.1. The van der Waals surface area contributed by atoms with Crippen LogP contribution in [-0.4, -0.2) is 18.2 Å². The summed E-state index contributed by atoms with van der Waals surface area (Å²) in [5.74, 6) is 0.425.